The lowest BCUT2D eigenvalue weighted by Crippen LogP contribution is -2.36. The highest BCUT2D eigenvalue weighted by Crippen LogP contribution is 2.49. The summed E-state index contributed by atoms with van der Waals surface area (Å²) in [5.41, 5.74) is 0. The zero-order valence-electron chi connectivity index (χ0n) is 7.43. The fourth-order valence-corrected chi connectivity index (χ4v) is 4.66. The molecule has 0 aromatic rings. The summed E-state index contributed by atoms with van der Waals surface area (Å²) in [5, 5.41) is 7.46. The maximum Gasteiger partial charge on any atom is 0.141 e. The number of hydrogen-bond donors (Lipinski definition) is 2. The van der Waals surface area contributed by atoms with E-state index >= 15 is 0 Å². The van der Waals surface area contributed by atoms with E-state index in [1.54, 1.807) is 0 Å². The normalized spacial score (nSPS) is 42.0. The van der Waals surface area contributed by atoms with Gasteiger partial charge in [0.15, 0.2) is 0 Å². The lowest BCUT2D eigenvalue weighted by atomic mass is 9.92. The second-order valence-electron chi connectivity index (χ2n) is 4.21. The Morgan fingerprint density at radius 2 is 1.45 bits per heavy atom. The second-order valence-corrected chi connectivity index (χ2v) is 7.63. The molecule has 0 aromatic heterocycles. The van der Waals surface area contributed by atoms with Crippen LogP contribution in [0.15, 0.2) is 0 Å². The predicted octanol–water partition coefficient (Wildman–Crippen LogP) is 1.60. The third kappa shape index (κ3) is 1.58. The van der Waals surface area contributed by atoms with Gasteiger partial charge in [-0.1, -0.05) is 12.8 Å². The van der Waals surface area contributed by atoms with Gasteiger partial charge in [-0.3, -0.25) is 0 Å². The van der Waals surface area contributed by atoms with Crippen molar-refractivity contribution in [3.8, 4) is 0 Å². The van der Waals surface area contributed by atoms with Crippen LogP contribution in [0, 0.1) is 0 Å². The quantitative estimate of drug-likeness (QED) is 0.544. The predicted molar refractivity (Wildman–Crippen MR) is 51.1 cm³/mol. The Kier molecular flexibility index (Phi) is 1.95. The average molecular weight is 173 g/mol. The molecule has 1 saturated heterocycles. The van der Waals surface area contributed by atoms with E-state index in [1.807, 2.05) is 0 Å². The van der Waals surface area contributed by atoms with Gasteiger partial charge in [-0.25, -0.2) is 0 Å². The van der Waals surface area contributed by atoms with E-state index in [4.69, 9.17) is 0 Å². The van der Waals surface area contributed by atoms with E-state index in [0.717, 1.165) is 12.1 Å². The van der Waals surface area contributed by atoms with Crippen molar-refractivity contribution in [2.45, 2.75) is 37.8 Å². The first-order valence-electron chi connectivity index (χ1n) is 4.57. The zero-order chi connectivity index (χ0) is 7.90. The number of fused-ring (bicyclic) bond motifs is 1. The van der Waals surface area contributed by atoms with E-state index in [-0.39, 0.29) is 0 Å². The monoisotopic (exact) mass is 173 g/mol. The van der Waals surface area contributed by atoms with Gasteiger partial charge in [0.2, 0.25) is 0 Å². The van der Waals surface area contributed by atoms with Crippen molar-refractivity contribution in [1.29, 1.82) is 0 Å². The molecular formula is C8H18N2P+. The van der Waals surface area contributed by atoms with Crippen molar-refractivity contribution in [3.05, 3.63) is 0 Å². The Labute approximate surface area is 69.6 Å². The molecule has 1 aliphatic carbocycles. The molecule has 0 spiro atoms. The lowest BCUT2D eigenvalue weighted by Gasteiger charge is -2.20. The highest BCUT2D eigenvalue weighted by Gasteiger charge is 2.44. The molecule has 0 amide bonds. The Morgan fingerprint density at radius 3 is 1.91 bits per heavy atom. The molecule has 11 heavy (non-hydrogen) atoms. The average Bonchev–Trinajstić information content (AvgIpc) is 2.21. The minimum Gasteiger partial charge on any atom is -0.172 e. The molecule has 0 bridgehead atoms. The van der Waals surface area contributed by atoms with Crippen molar-refractivity contribution in [3.63, 3.8) is 0 Å². The van der Waals surface area contributed by atoms with Gasteiger partial charge in [-0.05, 0) is 12.8 Å². The zero-order valence-corrected chi connectivity index (χ0v) is 8.32. The van der Waals surface area contributed by atoms with Crippen LogP contribution in [0.25, 0.3) is 0 Å². The van der Waals surface area contributed by atoms with Crippen LogP contribution in [-0.4, -0.2) is 25.4 Å². The molecular weight excluding hydrogens is 155 g/mol. The molecule has 2 fully saturated rings. The lowest BCUT2D eigenvalue weighted by molar-refractivity contribution is 0.374. The first kappa shape index (κ1) is 7.97. The Morgan fingerprint density at radius 1 is 1.00 bits per heavy atom. The molecule has 2 atom stereocenters. The summed E-state index contributed by atoms with van der Waals surface area (Å²) in [6.07, 6.45) is 5.63. The Balaban J connectivity index is 2.03. The van der Waals surface area contributed by atoms with E-state index in [9.17, 15) is 0 Å². The standard InChI is InChI=1S/C8H18N2P/c1-11(2)9-7-5-3-4-6-8(7)10-11/h7-10H,3-6H2,1-2H3/q+1. The van der Waals surface area contributed by atoms with Crippen molar-refractivity contribution in [1.82, 2.24) is 10.2 Å². The fraction of sp³-hybridized carbons (Fsp3) is 1.00. The van der Waals surface area contributed by atoms with Gasteiger partial charge in [-0.2, -0.15) is 10.2 Å². The van der Waals surface area contributed by atoms with Crippen LogP contribution in [0.5, 0.6) is 0 Å². The van der Waals surface area contributed by atoms with E-state index < -0.39 is 7.56 Å². The molecule has 2 aliphatic rings. The van der Waals surface area contributed by atoms with Gasteiger partial charge in [0.1, 0.15) is 7.56 Å². The molecule has 2 rings (SSSR count). The van der Waals surface area contributed by atoms with E-state index in [1.165, 1.54) is 25.7 Å². The summed E-state index contributed by atoms with van der Waals surface area (Å²) in [4.78, 5) is 0. The van der Waals surface area contributed by atoms with Crippen LogP contribution >= 0.6 is 7.56 Å². The first-order valence-corrected chi connectivity index (χ1v) is 7.25. The molecule has 2 unspecified atom stereocenters. The largest absolute Gasteiger partial charge is 0.172 e. The van der Waals surface area contributed by atoms with Gasteiger partial charge >= 0.3 is 0 Å². The molecule has 64 valence electrons. The molecule has 0 radical (unpaired) electrons. The van der Waals surface area contributed by atoms with Gasteiger partial charge < -0.3 is 0 Å². The van der Waals surface area contributed by atoms with Crippen molar-refractivity contribution < 1.29 is 0 Å². The maximum atomic E-state index is 3.73. The molecule has 2 nitrogen and oxygen atoms in total. The SMILES string of the molecule is C[P+]1(C)NC2CCCCC2N1. The summed E-state index contributed by atoms with van der Waals surface area (Å²) in [5.74, 6) is 0. The summed E-state index contributed by atoms with van der Waals surface area (Å²) >= 11 is 0. The molecule has 1 aliphatic heterocycles. The third-order valence-electron chi connectivity index (χ3n) is 2.74. The van der Waals surface area contributed by atoms with Crippen molar-refractivity contribution >= 4 is 7.56 Å². The molecule has 2 N–H and O–H groups in total. The molecule has 1 heterocycles. The van der Waals surface area contributed by atoms with Crippen molar-refractivity contribution in [2.75, 3.05) is 13.3 Å². The molecule has 1 saturated carbocycles. The van der Waals surface area contributed by atoms with Gasteiger partial charge in [-0.15, -0.1) is 0 Å². The summed E-state index contributed by atoms with van der Waals surface area (Å²) in [7, 11) is -0.899. The number of hydrogen-bond acceptors (Lipinski definition) is 2. The van der Waals surface area contributed by atoms with Crippen LogP contribution in [0.3, 0.4) is 0 Å². The third-order valence-corrected chi connectivity index (χ3v) is 4.70. The fourth-order valence-electron chi connectivity index (χ4n) is 2.31. The summed E-state index contributed by atoms with van der Waals surface area (Å²) in [6.45, 7) is 4.68. The molecule has 0 aromatic carbocycles. The first-order chi connectivity index (χ1) is 5.17. The van der Waals surface area contributed by atoms with Crippen molar-refractivity contribution in [2.24, 2.45) is 0 Å². The van der Waals surface area contributed by atoms with Crippen LogP contribution in [-0.2, 0) is 0 Å². The van der Waals surface area contributed by atoms with E-state index in [2.05, 4.69) is 23.5 Å². The van der Waals surface area contributed by atoms with Crippen LogP contribution in [0.2, 0.25) is 0 Å². The number of nitrogens with one attached hydrogen (secondary N) is 2. The van der Waals surface area contributed by atoms with E-state index in [0.29, 0.717) is 0 Å². The smallest absolute Gasteiger partial charge is 0.141 e. The highest BCUT2D eigenvalue weighted by atomic mass is 31.2. The van der Waals surface area contributed by atoms with Crippen LogP contribution in [0.1, 0.15) is 25.7 Å². The summed E-state index contributed by atoms with van der Waals surface area (Å²) < 4.78 is 0. The topological polar surface area (TPSA) is 24.1 Å². The van der Waals surface area contributed by atoms with Gasteiger partial charge in [0.05, 0.1) is 25.4 Å². The maximum absolute atomic E-state index is 3.73. The Bertz CT molecular complexity index is 142. The van der Waals surface area contributed by atoms with Crippen LogP contribution < -0.4 is 10.2 Å². The van der Waals surface area contributed by atoms with Gasteiger partial charge in [0.25, 0.3) is 0 Å². The van der Waals surface area contributed by atoms with Gasteiger partial charge in [0, 0.05) is 0 Å². The second kappa shape index (κ2) is 2.69. The summed E-state index contributed by atoms with van der Waals surface area (Å²) in [6, 6.07) is 1.60. The van der Waals surface area contributed by atoms with Crippen LogP contribution in [0.4, 0.5) is 0 Å². The molecule has 3 heteroatoms. The minimum atomic E-state index is -0.899. The Hall–Kier alpha value is 0.350. The minimum absolute atomic E-state index is 0.798. The number of rotatable bonds is 0. The highest BCUT2D eigenvalue weighted by molar-refractivity contribution is 7.70.